The standard InChI is InChI=1S/C10H16ClN3O/c1-3-10(4-2,7-11)14-9(15)8-5-12-13-6-8/h5-6H,3-4,7H2,1-2H3,(H,12,13)(H,14,15). The number of nitrogens with one attached hydrogen (secondary N) is 2. The number of carbonyl (C=O) groups excluding carboxylic acids is 1. The molecule has 0 atom stereocenters. The molecule has 0 aliphatic rings. The number of hydrogen-bond donors (Lipinski definition) is 2. The molecule has 1 aromatic rings. The van der Waals surface area contributed by atoms with Crippen molar-refractivity contribution in [1.82, 2.24) is 15.5 Å². The van der Waals surface area contributed by atoms with Gasteiger partial charge in [0.15, 0.2) is 0 Å². The molecule has 0 bridgehead atoms. The lowest BCUT2D eigenvalue weighted by Gasteiger charge is -2.30. The molecule has 1 rings (SSSR count). The Kier molecular flexibility index (Phi) is 4.15. The van der Waals surface area contributed by atoms with Crippen LogP contribution < -0.4 is 5.32 Å². The Balaban J connectivity index is 2.71. The molecule has 4 nitrogen and oxygen atoms in total. The molecule has 0 saturated heterocycles. The van der Waals surface area contributed by atoms with E-state index >= 15 is 0 Å². The van der Waals surface area contributed by atoms with Crippen molar-refractivity contribution in [2.75, 3.05) is 5.88 Å². The molecule has 0 aromatic carbocycles. The molecule has 0 saturated carbocycles. The van der Waals surface area contributed by atoms with Crippen LogP contribution in [0, 0.1) is 0 Å². The van der Waals surface area contributed by atoms with Crippen LogP contribution in [0.5, 0.6) is 0 Å². The van der Waals surface area contributed by atoms with Gasteiger partial charge in [-0.05, 0) is 12.8 Å². The molecule has 2 N–H and O–H groups in total. The normalized spacial score (nSPS) is 11.4. The zero-order valence-corrected chi connectivity index (χ0v) is 9.77. The highest BCUT2D eigenvalue weighted by molar-refractivity contribution is 6.18. The molecule has 84 valence electrons. The highest BCUT2D eigenvalue weighted by Crippen LogP contribution is 2.17. The number of aromatic nitrogens is 2. The average molecular weight is 230 g/mol. The van der Waals surface area contributed by atoms with Gasteiger partial charge in [-0.25, -0.2) is 0 Å². The van der Waals surface area contributed by atoms with E-state index in [0.717, 1.165) is 12.8 Å². The van der Waals surface area contributed by atoms with Crippen LogP contribution in [-0.2, 0) is 0 Å². The fourth-order valence-corrected chi connectivity index (χ4v) is 1.78. The fourth-order valence-electron chi connectivity index (χ4n) is 1.34. The molecular weight excluding hydrogens is 214 g/mol. The van der Waals surface area contributed by atoms with Crippen molar-refractivity contribution in [2.24, 2.45) is 0 Å². The highest BCUT2D eigenvalue weighted by atomic mass is 35.5. The van der Waals surface area contributed by atoms with Crippen LogP contribution in [0.1, 0.15) is 37.0 Å². The maximum absolute atomic E-state index is 11.8. The monoisotopic (exact) mass is 229 g/mol. The first-order valence-corrected chi connectivity index (χ1v) is 5.58. The van der Waals surface area contributed by atoms with Gasteiger partial charge in [0, 0.05) is 12.1 Å². The van der Waals surface area contributed by atoms with E-state index in [-0.39, 0.29) is 11.4 Å². The van der Waals surface area contributed by atoms with E-state index < -0.39 is 0 Å². The lowest BCUT2D eigenvalue weighted by Crippen LogP contribution is -2.49. The average Bonchev–Trinajstić information content (AvgIpc) is 2.79. The number of rotatable bonds is 5. The van der Waals surface area contributed by atoms with E-state index in [9.17, 15) is 4.79 Å². The second-order valence-corrected chi connectivity index (χ2v) is 3.83. The van der Waals surface area contributed by atoms with Gasteiger partial charge in [0.2, 0.25) is 0 Å². The van der Waals surface area contributed by atoms with Crippen LogP contribution in [0.4, 0.5) is 0 Å². The van der Waals surface area contributed by atoms with Crippen LogP contribution in [-0.4, -0.2) is 27.5 Å². The number of hydrogen-bond acceptors (Lipinski definition) is 2. The van der Waals surface area contributed by atoms with Gasteiger partial charge in [0.1, 0.15) is 0 Å². The Morgan fingerprint density at radius 1 is 1.60 bits per heavy atom. The molecule has 0 fully saturated rings. The predicted molar refractivity (Wildman–Crippen MR) is 60.1 cm³/mol. The second kappa shape index (κ2) is 5.16. The summed E-state index contributed by atoms with van der Waals surface area (Å²) in [7, 11) is 0. The van der Waals surface area contributed by atoms with Gasteiger partial charge < -0.3 is 5.32 Å². The van der Waals surface area contributed by atoms with Crippen molar-refractivity contribution in [3.8, 4) is 0 Å². The maximum Gasteiger partial charge on any atom is 0.254 e. The molecule has 0 spiro atoms. The molecule has 15 heavy (non-hydrogen) atoms. The van der Waals surface area contributed by atoms with Gasteiger partial charge in [-0.1, -0.05) is 13.8 Å². The zero-order valence-electron chi connectivity index (χ0n) is 9.01. The van der Waals surface area contributed by atoms with Gasteiger partial charge in [0.05, 0.1) is 17.3 Å². The Bertz CT molecular complexity index is 298. The number of halogens is 1. The van der Waals surface area contributed by atoms with Gasteiger partial charge in [0.25, 0.3) is 5.91 Å². The number of carbonyl (C=O) groups is 1. The SMILES string of the molecule is CCC(CC)(CCl)NC(=O)c1cn[nH]c1. The summed E-state index contributed by atoms with van der Waals surface area (Å²) >= 11 is 5.89. The van der Waals surface area contributed by atoms with Crippen molar-refractivity contribution >= 4 is 17.5 Å². The van der Waals surface area contributed by atoms with Crippen LogP contribution in [0.25, 0.3) is 0 Å². The van der Waals surface area contributed by atoms with Crippen molar-refractivity contribution in [3.63, 3.8) is 0 Å². The number of nitrogens with zero attached hydrogens (tertiary/aromatic N) is 1. The van der Waals surface area contributed by atoms with Crippen LogP contribution in [0.2, 0.25) is 0 Å². The molecule has 5 heteroatoms. The van der Waals surface area contributed by atoms with Gasteiger partial charge >= 0.3 is 0 Å². The summed E-state index contributed by atoms with van der Waals surface area (Å²) in [5.74, 6) is 0.289. The largest absolute Gasteiger partial charge is 0.345 e. The van der Waals surface area contributed by atoms with E-state index in [1.807, 2.05) is 13.8 Å². The minimum atomic E-state index is -0.310. The minimum Gasteiger partial charge on any atom is -0.345 e. The third-order valence-electron chi connectivity index (χ3n) is 2.75. The minimum absolute atomic E-state index is 0.131. The number of alkyl halides is 1. The fraction of sp³-hybridized carbons (Fsp3) is 0.600. The Labute approximate surface area is 94.4 Å². The molecule has 0 aliphatic carbocycles. The molecular formula is C10H16ClN3O. The number of H-pyrrole nitrogens is 1. The zero-order chi connectivity index (χ0) is 11.3. The maximum atomic E-state index is 11.8. The lowest BCUT2D eigenvalue weighted by molar-refractivity contribution is 0.0902. The lowest BCUT2D eigenvalue weighted by atomic mass is 9.95. The first kappa shape index (κ1) is 12.0. The van der Waals surface area contributed by atoms with Gasteiger partial charge in [-0.15, -0.1) is 11.6 Å². The van der Waals surface area contributed by atoms with Crippen LogP contribution in [0.15, 0.2) is 12.4 Å². The third-order valence-corrected chi connectivity index (χ3v) is 3.26. The summed E-state index contributed by atoms with van der Waals surface area (Å²) in [6, 6.07) is 0. The predicted octanol–water partition coefficient (Wildman–Crippen LogP) is 1.94. The summed E-state index contributed by atoms with van der Waals surface area (Å²) in [4.78, 5) is 11.8. The summed E-state index contributed by atoms with van der Waals surface area (Å²) in [5, 5.41) is 9.29. The van der Waals surface area contributed by atoms with Crippen molar-refractivity contribution in [2.45, 2.75) is 32.2 Å². The van der Waals surface area contributed by atoms with E-state index in [1.54, 1.807) is 6.20 Å². The van der Waals surface area contributed by atoms with Crippen LogP contribution in [0.3, 0.4) is 0 Å². The van der Waals surface area contributed by atoms with Crippen molar-refractivity contribution in [3.05, 3.63) is 18.0 Å². The summed E-state index contributed by atoms with van der Waals surface area (Å²) < 4.78 is 0. The molecule has 1 amide bonds. The molecule has 0 aliphatic heterocycles. The third kappa shape index (κ3) is 2.72. The smallest absolute Gasteiger partial charge is 0.254 e. The van der Waals surface area contributed by atoms with Crippen LogP contribution >= 0.6 is 11.6 Å². The van der Waals surface area contributed by atoms with Gasteiger partial charge in [-0.2, -0.15) is 5.10 Å². The van der Waals surface area contributed by atoms with Crippen molar-refractivity contribution in [1.29, 1.82) is 0 Å². The Morgan fingerprint density at radius 2 is 2.27 bits per heavy atom. The van der Waals surface area contributed by atoms with Gasteiger partial charge in [-0.3, -0.25) is 9.89 Å². The highest BCUT2D eigenvalue weighted by Gasteiger charge is 2.27. The summed E-state index contributed by atoms with van der Waals surface area (Å²) in [5.41, 5.74) is 0.224. The first-order chi connectivity index (χ1) is 7.17. The van der Waals surface area contributed by atoms with Crippen molar-refractivity contribution < 1.29 is 4.79 Å². The summed E-state index contributed by atoms with van der Waals surface area (Å²) in [6.07, 6.45) is 4.70. The molecule has 1 aromatic heterocycles. The van der Waals surface area contributed by atoms with E-state index in [0.29, 0.717) is 11.4 Å². The molecule has 0 unspecified atom stereocenters. The first-order valence-electron chi connectivity index (χ1n) is 5.04. The number of aromatic amines is 1. The Morgan fingerprint density at radius 3 is 2.67 bits per heavy atom. The molecule has 1 heterocycles. The Hall–Kier alpha value is -1.03. The summed E-state index contributed by atoms with van der Waals surface area (Å²) in [6.45, 7) is 4.03. The second-order valence-electron chi connectivity index (χ2n) is 3.56. The van der Waals surface area contributed by atoms with E-state index in [1.165, 1.54) is 6.20 Å². The quantitative estimate of drug-likeness (QED) is 0.759. The number of amides is 1. The molecule has 0 radical (unpaired) electrons. The van der Waals surface area contributed by atoms with E-state index in [2.05, 4.69) is 15.5 Å². The van der Waals surface area contributed by atoms with E-state index in [4.69, 9.17) is 11.6 Å². The topological polar surface area (TPSA) is 57.8 Å².